The van der Waals surface area contributed by atoms with Crippen LogP contribution in [-0.2, 0) is 11.3 Å². The quantitative estimate of drug-likeness (QED) is 0.922. The first kappa shape index (κ1) is 16.1. The van der Waals surface area contributed by atoms with Crippen LogP contribution in [-0.4, -0.2) is 62.3 Å². The lowest BCUT2D eigenvalue weighted by atomic mass is 10.0. The van der Waals surface area contributed by atoms with E-state index in [9.17, 15) is 0 Å². The molecule has 1 N–H and O–H groups in total. The van der Waals surface area contributed by atoms with Gasteiger partial charge in [0.1, 0.15) is 0 Å². The lowest BCUT2D eigenvalue weighted by molar-refractivity contribution is 0.0342. The van der Waals surface area contributed by atoms with E-state index in [0.29, 0.717) is 6.04 Å². The maximum atomic E-state index is 6.48. The summed E-state index contributed by atoms with van der Waals surface area (Å²) < 4.78 is 5.39. The normalized spacial score (nSPS) is 21.9. The zero-order valence-corrected chi connectivity index (χ0v) is 14.1. The average Bonchev–Trinajstić information content (AvgIpc) is 2.53. The molecule has 0 spiro atoms. The van der Waals surface area contributed by atoms with Crippen molar-refractivity contribution >= 4 is 17.3 Å². The van der Waals surface area contributed by atoms with Crippen molar-refractivity contribution in [2.45, 2.75) is 25.4 Å². The van der Waals surface area contributed by atoms with E-state index in [1.807, 2.05) is 0 Å². The largest absolute Gasteiger partial charge is 0.382 e. The lowest BCUT2D eigenvalue weighted by Gasteiger charge is -2.30. The molecule has 1 aromatic carbocycles. The maximum absolute atomic E-state index is 6.48. The molecule has 2 fully saturated rings. The molecule has 2 saturated heterocycles. The standard InChI is InChI=1S/C17H26ClN3O/c1-20-6-4-15(5-7-20)19-16-3-2-14(17(18)12-16)13-21-8-10-22-11-9-21/h2-3,12,15,19H,4-11,13H2,1H3. The molecular formula is C17H26ClN3O. The van der Waals surface area contributed by atoms with E-state index in [0.717, 1.165) is 43.6 Å². The molecule has 0 radical (unpaired) electrons. The summed E-state index contributed by atoms with van der Waals surface area (Å²) in [6.45, 7) is 6.89. The zero-order valence-electron chi connectivity index (χ0n) is 13.4. The van der Waals surface area contributed by atoms with Crippen LogP contribution in [0.25, 0.3) is 0 Å². The van der Waals surface area contributed by atoms with Crippen LogP contribution >= 0.6 is 11.6 Å². The third-order valence-electron chi connectivity index (χ3n) is 4.64. The highest BCUT2D eigenvalue weighted by atomic mass is 35.5. The number of likely N-dealkylation sites (tertiary alicyclic amines) is 1. The van der Waals surface area contributed by atoms with Gasteiger partial charge in [0.05, 0.1) is 13.2 Å². The summed E-state index contributed by atoms with van der Waals surface area (Å²) in [5.41, 5.74) is 2.35. The molecule has 0 bridgehead atoms. The van der Waals surface area contributed by atoms with Gasteiger partial charge in [0, 0.05) is 36.4 Å². The topological polar surface area (TPSA) is 27.7 Å². The van der Waals surface area contributed by atoms with Crippen LogP contribution in [0.2, 0.25) is 5.02 Å². The smallest absolute Gasteiger partial charge is 0.0594 e. The molecule has 2 heterocycles. The zero-order chi connectivity index (χ0) is 15.4. The van der Waals surface area contributed by atoms with Crippen LogP contribution in [0, 0.1) is 0 Å². The summed E-state index contributed by atoms with van der Waals surface area (Å²) >= 11 is 6.48. The number of piperidine rings is 1. The summed E-state index contributed by atoms with van der Waals surface area (Å²) in [6, 6.07) is 6.97. The van der Waals surface area contributed by atoms with Gasteiger partial charge in [-0.05, 0) is 50.7 Å². The summed E-state index contributed by atoms with van der Waals surface area (Å²) in [7, 11) is 2.19. The molecule has 0 aliphatic carbocycles. The molecule has 122 valence electrons. The number of nitrogens with one attached hydrogen (secondary N) is 1. The van der Waals surface area contributed by atoms with E-state index in [4.69, 9.17) is 16.3 Å². The summed E-state index contributed by atoms with van der Waals surface area (Å²) in [5.74, 6) is 0. The van der Waals surface area contributed by atoms with Crippen LogP contribution < -0.4 is 5.32 Å². The Kier molecular flexibility index (Phi) is 5.58. The predicted octanol–water partition coefficient (Wildman–Crippen LogP) is 2.68. The molecule has 1 aromatic rings. The van der Waals surface area contributed by atoms with Gasteiger partial charge in [-0.25, -0.2) is 0 Å². The molecule has 22 heavy (non-hydrogen) atoms. The van der Waals surface area contributed by atoms with Crippen molar-refractivity contribution in [2.75, 3.05) is 51.8 Å². The van der Waals surface area contributed by atoms with Crippen LogP contribution in [0.3, 0.4) is 0 Å². The van der Waals surface area contributed by atoms with E-state index in [1.54, 1.807) is 0 Å². The van der Waals surface area contributed by atoms with Crippen LogP contribution in [0.5, 0.6) is 0 Å². The number of ether oxygens (including phenoxy) is 1. The summed E-state index contributed by atoms with van der Waals surface area (Å²) in [6.07, 6.45) is 2.40. The number of nitrogens with zero attached hydrogens (tertiary/aromatic N) is 2. The van der Waals surface area contributed by atoms with E-state index in [1.165, 1.54) is 31.5 Å². The fourth-order valence-electron chi connectivity index (χ4n) is 3.15. The van der Waals surface area contributed by atoms with Gasteiger partial charge in [-0.15, -0.1) is 0 Å². The third-order valence-corrected chi connectivity index (χ3v) is 4.99. The maximum Gasteiger partial charge on any atom is 0.0594 e. The molecule has 0 saturated carbocycles. The van der Waals surface area contributed by atoms with Crippen LogP contribution in [0.4, 0.5) is 5.69 Å². The molecule has 5 heteroatoms. The van der Waals surface area contributed by atoms with Crippen molar-refractivity contribution in [3.63, 3.8) is 0 Å². The third kappa shape index (κ3) is 4.35. The van der Waals surface area contributed by atoms with Gasteiger partial charge in [0.2, 0.25) is 0 Å². The first-order valence-electron chi connectivity index (χ1n) is 8.24. The number of hydrogen-bond acceptors (Lipinski definition) is 4. The van der Waals surface area contributed by atoms with Gasteiger partial charge in [-0.2, -0.15) is 0 Å². The van der Waals surface area contributed by atoms with Crippen LogP contribution in [0.15, 0.2) is 18.2 Å². The first-order valence-corrected chi connectivity index (χ1v) is 8.62. The fraction of sp³-hybridized carbons (Fsp3) is 0.647. The van der Waals surface area contributed by atoms with Gasteiger partial charge in [0.15, 0.2) is 0 Å². The molecule has 0 amide bonds. The summed E-state index contributed by atoms with van der Waals surface area (Å²) in [5, 5.41) is 4.49. The van der Waals surface area contributed by atoms with E-state index >= 15 is 0 Å². The number of hydrogen-bond donors (Lipinski definition) is 1. The lowest BCUT2D eigenvalue weighted by Crippen LogP contribution is -2.36. The summed E-state index contributed by atoms with van der Waals surface area (Å²) in [4.78, 5) is 4.78. The molecule has 4 nitrogen and oxygen atoms in total. The van der Waals surface area contributed by atoms with Gasteiger partial charge >= 0.3 is 0 Å². The SMILES string of the molecule is CN1CCC(Nc2ccc(CN3CCOCC3)c(Cl)c2)CC1. The number of morpholine rings is 1. The highest BCUT2D eigenvalue weighted by Crippen LogP contribution is 2.24. The monoisotopic (exact) mass is 323 g/mol. The number of rotatable bonds is 4. The Hall–Kier alpha value is -0.810. The molecular weight excluding hydrogens is 298 g/mol. The Morgan fingerprint density at radius 2 is 1.91 bits per heavy atom. The minimum Gasteiger partial charge on any atom is -0.382 e. The minimum atomic E-state index is 0.567. The first-order chi connectivity index (χ1) is 10.7. The number of halogens is 1. The molecule has 2 aliphatic rings. The van der Waals surface area contributed by atoms with Crippen molar-refractivity contribution in [2.24, 2.45) is 0 Å². The van der Waals surface area contributed by atoms with Crippen LogP contribution in [0.1, 0.15) is 18.4 Å². The van der Waals surface area contributed by atoms with Gasteiger partial charge in [-0.1, -0.05) is 17.7 Å². The second-order valence-electron chi connectivity index (χ2n) is 6.42. The van der Waals surface area contributed by atoms with Gasteiger partial charge in [-0.3, -0.25) is 4.90 Å². The van der Waals surface area contributed by atoms with Crippen molar-refractivity contribution in [3.05, 3.63) is 28.8 Å². The Morgan fingerprint density at radius 1 is 1.18 bits per heavy atom. The molecule has 0 atom stereocenters. The Balaban J connectivity index is 1.57. The molecule has 0 unspecified atom stereocenters. The van der Waals surface area contributed by atoms with E-state index in [-0.39, 0.29) is 0 Å². The highest BCUT2D eigenvalue weighted by molar-refractivity contribution is 6.31. The van der Waals surface area contributed by atoms with E-state index < -0.39 is 0 Å². The van der Waals surface area contributed by atoms with Crippen molar-refractivity contribution in [1.82, 2.24) is 9.80 Å². The van der Waals surface area contributed by atoms with Gasteiger partial charge in [0.25, 0.3) is 0 Å². The van der Waals surface area contributed by atoms with Crippen molar-refractivity contribution < 1.29 is 4.74 Å². The Labute approximate surface area is 138 Å². The average molecular weight is 324 g/mol. The molecule has 0 aromatic heterocycles. The second kappa shape index (κ2) is 7.64. The number of anilines is 1. The minimum absolute atomic E-state index is 0.567. The highest BCUT2D eigenvalue weighted by Gasteiger charge is 2.17. The Bertz CT molecular complexity index is 483. The Morgan fingerprint density at radius 3 is 2.59 bits per heavy atom. The predicted molar refractivity (Wildman–Crippen MR) is 91.7 cm³/mol. The second-order valence-corrected chi connectivity index (χ2v) is 6.82. The molecule has 3 rings (SSSR count). The van der Waals surface area contributed by atoms with Crippen molar-refractivity contribution in [1.29, 1.82) is 0 Å². The number of benzene rings is 1. The molecule has 2 aliphatic heterocycles. The van der Waals surface area contributed by atoms with Gasteiger partial charge < -0.3 is 15.0 Å². The fourth-order valence-corrected chi connectivity index (χ4v) is 3.39. The van der Waals surface area contributed by atoms with E-state index in [2.05, 4.69) is 40.4 Å². The van der Waals surface area contributed by atoms with Crippen molar-refractivity contribution in [3.8, 4) is 0 Å².